The number of hydrogen-bond donors (Lipinski definition) is 0. The number of pyridine rings is 1. The molecule has 114 valence electrons. The molecule has 0 aromatic carbocycles. The first-order valence-corrected chi connectivity index (χ1v) is 8.05. The predicted octanol–water partition coefficient (Wildman–Crippen LogP) is 4.70. The van der Waals surface area contributed by atoms with Gasteiger partial charge in [-0.1, -0.05) is 43.0 Å². The van der Waals surface area contributed by atoms with E-state index >= 15 is 0 Å². The van der Waals surface area contributed by atoms with Gasteiger partial charge in [-0.15, -0.1) is 0 Å². The molecule has 0 atom stereocenters. The van der Waals surface area contributed by atoms with Crippen LogP contribution < -0.4 is 0 Å². The van der Waals surface area contributed by atoms with Crippen LogP contribution >= 0.6 is 23.2 Å². The van der Waals surface area contributed by atoms with E-state index in [2.05, 4.69) is 17.0 Å². The normalized spacial score (nSPS) is 16.6. The lowest BCUT2D eigenvalue weighted by Crippen LogP contribution is -2.19. The van der Waals surface area contributed by atoms with Crippen molar-refractivity contribution in [3.63, 3.8) is 0 Å². The third-order valence-electron chi connectivity index (χ3n) is 4.33. The second-order valence-electron chi connectivity index (χ2n) is 6.21. The van der Waals surface area contributed by atoms with E-state index < -0.39 is 0 Å². The molecule has 0 saturated heterocycles. The van der Waals surface area contributed by atoms with Gasteiger partial charge in [-0.3, -0.25) is 4.68 Å². The Morgan fingerprint density at radius 1 is 1.36 bits per heavy atom. The van der Waals surface area contributed by atoms with Crippen molar-refractivity contribution >= 4 is 23.2 Å². The molecule has 6 heteroatoms. The first kappa shape index (κ1) is 15.3. The van der Waals surface area contributed by atoms with Gasteiger partial charge in [0.25, 0.3) is 0 Å². The third kappa shape index (κ3) is 2.97. The molecule has 2 heterocycles. The van der Waals surface area contributed by atoms with Gasteiger partial charge >= 0.3 is 0 Å². The van der Waals surface area contributed by atoms with Crippen LogP contribution in [-0.4, -0.2) is 14.8 Å². The van der Waals surface area contributed by atoms with Gasteiger partial charge in [-0.25, -0.2) is 4.98 Å². The van der Waals surface area contributed by atoms with Gasteiger partial charge in [0.15, 0.2) is 5.69 Å². The van der Waals surface area contributed by atoms with Crippen LogP contribution in [0.4, 0.5) is 0 Å². The SMILES string of the molecule is CC1(Cn2cc(-c3cc(Cl)c(C#N)nc3Cl)cn2)CCCC1. The van der Waals surface area contributed by atoms with E-state index in [1.54, 1.807) is 12.3 Å². The fourth-order valence-electron chi connectivity index (χ4n) is 3.11. The number of hydrogen-bond acceptors (Lipinski definition) is 3. The Morgan fingerprint density at radius 3 is 2.77 bits per heavy atom. The van der Waals surface area contributed by atoms with E-state index in [1.165, 1.54) is 25.7 Å². The van der Waals surface area contributed by atoms with Crippen LogP contribution in [0.3, 0.4) is 0 Å². The molecule has 0 aliphatic heterocycles. The van der Waals surface area contributed by atoms with Crippen LogP contribution in [0.2, 0.25) is 10.2 Å². The highest BCUT2D eigenvalue weighted by atomic mass is 35.5. The van der Waals surface area contributed by atoms with Crippen LogP contribution in [0.1, 0.15) is 38.3 Å². The van der Waals surface area contributed by atoms with Crippen molar-refractivity contribution in [2.75, 3.05) is 0 Å². The minimum Gasteiger partial charge on any atom is -0.272 e. The quantitative estimate of drug-likeness (QED) is 0.764. The van der Waals surface area contributed by atoms with Gasteiger partial charge in [-0.05, 0) is 24.3 Å². The molecule has 3 rings (SSSR count). The zero-order chi connectivity index (χ0) is 15.7. The van der Waals surface area contributed by atoms with Crippen molar-refractivity contribution in [2.45, 2.75) is 39.2 Å². The van der Waals surface area contributed by atoms with Crippen molar-refractivity contribution in [2.24, 2.45) is 5.41 Å². The summed E-state index contributed by atoms with van der Waals surface area (Å²) in [6.07, 6.45) is 8.82. The molecule has 0 radical (unpaired) electrons. The Kier molecular flexibility index (Phi) is 4.12. The number of nitriles is 1. The average Bonchev–Trinajstić information content (AvgIpc) is 3.10. The van der Waals surface area contributed by atoms with E-state index in [4.69, 9.17) is 28.5 Å². The minimum atomic E-state index is 0.140. The molecule has 0 spiro atoms. The molecule has 22 heavy (non-hydrogen) atoms. The highest BCUT2D eigenvalue weighted by molar-refractivity contribution is 6.34. The lowest BCUT2D eigenvalue weighted by Gasteiger charge is -2.22. The molecule has 4 nitrogen and oxygen atoms in total. The maximum Gasteiger partial charge on any atom is 0.160 e. The molecule has 2 aromatic rings. The first-order valence-electron chi connectivity index (χ1n) is 7.30. The first-order chi connectivity index (χ1) is 10.5. The minimum absolute atomic E-state index is 0.140. The van der Waals surface area contributed by atoms with E-state index in [0.717, 1.165) is 12.1 Å². The summed E-state index contributed by atoms with van der Waals surface area (Å²) in [6.45, 7) is 3.22. The van der Waals surface area contributed by atoms with Crippen molar-refractivity contribution < 1.29 is 0 Å². The summed E-state index contributed by atoms with van der Waals surface area (Å²) in [5.74, 6) is 0. The smallest absolute Gasteiger partial charge is 0.160 e. The predicted molar refractivity (Wildman–Crippen MR) is 86.8 cm³/mol. The van der Waals surface area contributed by atoms with Gasteiger partial charge in [-0.2, -0.15) is 10.4 Å². The van der Waals surface area contributed by atoms with Gasteiger partial charge < -0.3 is 0 Å². The molecule has 0 amide bonds. The van der Waals surface area contributed by atoms with Crippen molar-refractivity contribution in [1.29, 1.82) is 5.26 Å². The molecular weight excluding hydrogens is 319 g/mol. The Bertz CT molecular complexity index is 739. The maximum absolute atomic E-state index is 8.92. The van der Waals surface area contributed by atoms with Crippen LogP contribution in [0.5, 0.6) is 0 Å². The molecule has 2 aromatic heterocycles. The Morgan fingerprint density at radius 2 is 2.09 bits per heavy atom. The summed E-state index contributed by atoms with van der Waals surface area (Å²) in [7, 11) is 0. The van der Waals surface area contributed by atoms with Crippen molar-refractivity contribution in [3.8, 4) is 17.2 Å². The molecular formula is C16H16Cl2N4. The molecule has 0 unspecified atom stereocenters. The molecule has 1 aliphatic carbocycles. The lowest BCUT2D eigenvalue weighted by molar-refractivity contribution is 0.268. The maximum atomic E-state index is 8.92. The van der Waals surface area contributed by atoms with E-state index in [9.17, 15) is 0 Å². The number of halogens is 2. The molecule has 1 saturated carbocycles. The van der Waals surface area contributed by atoms with Gasteiger partial charge in [0.05, 0.1) is 11.2 Å². The lowest BCUT2D eigenvalue weighted by atomic mass is 9.89. The van der Waals surface area contributed by atoms with Crippen LogP contribution in [0.15, 0.2) is 18.5 Å². The van der Waals surface area contributed by atoms with Gasteiger partial charge in [0.1, 0.15) is 11.2 Å². The Balaban J connectivity index is 1.88. The summed E-state index contributed by atoms with van der Waals surface area (Å²) in [4.78, 5) is 4.03. The van der Waals surface area contributed by atoms with E-state index in [1.807, 2.05) is 16.9 Å². The second-order valence-corrected chi connectivity index (χ2v) is 6.98. The number of nitrogens with zero attached hydrogens (tertiary/aromatic N) is 4. The zero-order valence-corrected chi connectivity index (χ0v) is 13.8. The zero-order valence-electron chi connectivity index (χ0n) is 12.3. The summed E-state index contributed by atoms with van der Waals surface area (Å²) in [6, 6.07) is 3.60. The highest BCUT2D eigenvalue weighted by Crippen LogP contribution is 2.39. The van der Waals surface area contributed by atoms with Gasteiger partial charge in [0, 0.05) is 23.9 Å². The molecule has 0 bridgehead atoms. The van der Waals surface area contributed by atoms with Crippen LogP contribution in [0, 0.1) is 16.7 Å². The van der Waals surface area contributed by atoms with Crippen LogP contribution in [-0.2, 0) is 6.54 Å². The average molecular weight is 335 g/mol. The number of rotatable bonds is 3. The molecule has 0 N–H and O–H groups in total. The topological polar surface area (TPSA) is 54.5 Å². The van der Waals surface area contributed by atoms with Crippen molar-refractivity contribution in [1.82, 2.24) is 14.8 Å². The summed E-state index contributed by atoms with van der Waals surface area (Å²) in [5.41, 5.74) is 2.04. The fraction of sp³-hybridized carbons (Fsp3) is 0.438. The standard InChI is InChI=1S/C16H16Cl2N4/c1-16(4-2-3-5-16)10-22-9-11(8-20-22)12-6-13(17)14(7-19)21-15(12)18/h6,8-9H,2-5,10H2,1H3. The van der Waals surface area contributed by atoms with Gasteiger partial charge in [0.2, 0.25) is 0 Å². The summed E-state index contributed by atoms with van der Waals surface area (Å²) in [5, 5.41) is 13.9. The van der Waals surface area contributed by atoms with E-state index in [-0.39, 0.29) is 10.8 Å². The monoisotopic (exact) mass is 334 g/mol. The largest absolute Gasteiger partial charge is 0.272 e. The van der Waals surface area contributed by atoms with E-state index in [0.29, 0.717) is 16.0 Å². The van der Waals surface area contributed by atoms with Crippen molar-refractivity contribution in [3.05, 3.63) is 34.3 Å². The Hall–Kier alpha value is -1.57. The molecule has 1 aliphatic rings. The highest BCUT2D eigenvalue weighted by Gasteiger charge is 2.29. The second kappa shape index (κ2) is 5.91. The Labute approximate surface area is 139 Å². The fourth-order valence-corrected chi connectivity index (χ4v) is 3.56. The number of aromatic nitrogens is 3. The van der Waals surface area contributed by atoms with Crippen LogP contribution in [0.25, 0.3) is 11.1 Å². The summed E-state index contributed by atoms with van der Waals surface area (Å²) >= 11 is 12.2. The summed E-state index contributed by atoms with van der Waals surface area (Å²) < 4.78 is 1.96. The molecule has 1 fully saturated rings. The third-order valence-corrected chi connectivity index (χ3v) is 4.91.